The molecular formula is C13H14INO2. The summed E-state index contributed by atoms with van der Waals surface area (Å²) in [6.07, 6.45) is 0. The summed E-state index contributed by atoms with van der Waals surface area (Å²) >= 11 is 2.26. The van der Waals surface area contributed by atoms with Crippen LogP contribution in [0.15, 0.2) is 30.5 Å². The van der Waals surface area contributed by atoms with Gasteiger partial charge in [-0.2, -0.15) is 0 Å². The monoisotopic (exact) mass is 343 g/mol. The maximum Gasteiger partial charge on any atom is 0.323 e. The summed E-state index contributed by atoms with van der Waals surface area (Å²) in [6, 6.07) is 6.06. The second-order valence-corrected chi connectivity index (χ2v) is 5.96. The van der Waals surface area contributed by atoms with Gasteiger partial charge in [-0.25, -0.2) is 0 Å². The molecule has 1 N–H and O–H groups in total. The molecule has 0 bridgehead atoms. The number of carboxylic acids is 1. The van der Waals surface area contributed by atoms with Crippen LogP contribution in [0.4, 0.5) is 5.69 Å². The molecule has 1 aromatic carbocycles. The molecule has 1 aromatic rings. The Balaban J connectivity index is 2.55. The van der Waals surface area contributed by atoms with E-state index < -0.39 is 5.97 Å². The van der Waals surface area contributed by atoms with Crippen LogP contribution in [0, 0.1) is 3.57 Å². The minimum Gasteiger partial charge on any atom is -0.480 e. The zero-order valence-electron chi connectivity index (χ0n) is 9.83. The standard InChI is InChI=1S/C13H14INO2/c1-8-13(2,3)10-6-9(14)4-5-11(10)15(8)7-12(16)17/h4-6H,1,7H2,2-3H3,(H,16,17). The van der Waals surface area contributed by atoms with Crippen LogP contribution in [0.3, 0.4) is 0 Å². The van der Waals surface area contributed by atoms with Crippen molar-refractivity contribution in [2.24, 2.45) is 0 Å². The van der Waals surface area contributed by atoms with Crippen LogP contribution < -0.4 is 4.90 Å². The third-order valence-corrected chi connectivity index (χ3v) is 3.93. The van der Waals surface area contributed by atoms with Gasteiger partial charge < -0.3 is 10.0 Å². The highest BCUT2D eigenvalue weighted by Crippen LogP contribution is 2.47. The number of fused-ring (bicyclic) bond motifs is 1. The third kappa shape index (κ3) is 1.94. The number of benzene rings is 1. The first-order valence-electron chi connectivity index (χ1n) is 5.33. The molecule has 0 unspecified atom stereocenters. The van der Waals surface area contributed by atoms with Gasteiger partial charge in [0.2, 0.25) is 0 Å². The summed E-state index contributed by atoms with van der Waals surface area (Å²) in [7, 11) is 0. The first-order chi connectivity index (χ1) is 7.84. The number of carboxylic acid groups (broad SMARTS) is 1. The maximum atomic E-state index is 10.9. The van der Waals surface area contributed by atoms with E-state index in [0.29, 0.717) is 0 Å². The number of nitrogens with zero attached hydrogens (tertiary/aromatic N) is 1. The number of carbonyl (C=O) groups is 1. The molecule has 4 heteroatoms. The minimum atomic E-state index is -0.839. The fraction of sp³-hybridized carbons (Fsp3) is 0.308. The smallest absolute Gasteiger partial charge is 0.323 e. The first kappa shape index (κ1) is 12.4. The molecule has 17 heavy (non-hydrogen) atoms. The lowest BCUT2D eigenvalue weighted by Crippen LogP contribution is -2.29. The molecule has 0 aromatic heterocycles. The highest BCUT2D eigenvalue weighted by molar-refractivity contribution is 14.1. The SMILES string of the molecule is C=C1N(CC(=O)O)c2ccc(I)cc2C1(C)C. The first-order valence-corrected chi connectivity index (χ1v) is 6.40. The van der Waals surface area contributed by atoms with E-state index in [1.807, 2.05) is 12.1 Å². The molecule has 3 nitrogen and oxygen atoms in total. The average Bonchev–Trinajstić information content (AvgIpc) is 2.40. The zero-order chi connectivity index (χ0) is 12.8. The van der Waals surface area contributed by atoms with Gasteiger partial charge >= 0.3 is 5.97 Å². The van der Waals surface area contributed by atoms with Crippen LogP contribution in [-0.2, 0) is 10.2 Å². The average molecular weight is 343 g/mol. The van der Waals surface area contributed by atoms with Gasteiger partial charge in [0.1, 0.15) is 6.54 Å². The van der Waals surface area contributed by atoms with Gasteiger partial charge in [-0.3, -0.25) is 4.79 Å². The van der Waals surface area contributed by atoms with Crippen molar-refractivity contribution in [1.82, 2.24) is 0 Å². The molecule has 0 spiro atoms. The Labute approximate surface area is 114 Å². The molecule has 0 amide bonds. The molecule has 2 rings (SSSR count). The number of rotatable bonds is 2. The van der Waals surface area contributed by atoms with Crippen LogP contribution in [0.5, 0.6) is 0 Å². The number of allylic oxidation sites excluding steroid dienone is 1. The normalized spacial score (nSPS) is 17.1. The minimum absolute atomic E-state index is 0.0319. The van der Waals surface area contributed by atoms with Crippen LogP contribution in [0.2, 0.25) is 0 Å². The number of hydrogen-bond acceptors (Lipinski definition) is 2. The number of anilines is 1. The summed E-state index contributed by atoms with van der Waals surface area (Å²) in [5.74, 6) is -0.839. The van der Waals surface area contributed by atoms with Crippen molar-refractivity contribution in [3.05, 3.63) is 39.6 Å². The van der Waals surface area contributed by atoms with Crippen LogP contribution in [-0.4, -0.2) is 17.6 Å². The van der Waals surface area contributed by atoms with Crippen molar-refractivity contribution in [3.63, 3.8) is 0 Å². The van der Waals surface area contributed by atoms with Crippen LogP contribution >= 0.6 is 22.6 Å². The molecule has 0 atom stereocenters. The van der Waals surface area contributed by atoms with Crippen molar-refractivity contribution in [2.75, 3.05) is 11.4 Å². The van der Waals surface area contributed by atoms with Crippen molar-refractivity contribution in [1.29, 1.82) is 0 Å². The fourth-order valence-corrected chi connectivity index (χ4v) is 2.69. The van der Waals surface area contributed by atoms with Crippen molar-refractivity contribution < 1.29 is 9.90 Å². The molecule has 90 valence electrons. The molecule has 0 saturated carbocycles. The predicted octanol–water partition coefficient (Wildman–Crippen LogP) is 2.99. The quantitative estimate of drug-likeness (QED) is 0.840. The Hall–Kier alpha value is -1.04. The van der Waals surface area contributed by atoms with Crippen LogP contribution in [0.1, 0.15) is 19.4 Å². The summed E-state index contributed by atoms with van der Waals surface area (Å²) < 4.78 is 1.15. The maximum absolute atomic E-state index is 10.9. The molecule has 0 aliphatic carbocycles. The largest absolute Gasteiger partial charge is 0.480 e. The molecule has 1 heterocycles. The Bertz CT molecular complexity index is 508. The van der Waals surface area contributed by atoms with Gasteiger partial charge in [0.25, 0.3) is 0 Å². The number of halogens is 1. The van der Waals surface area contributed by atoms with Crippen molar-refractivity contribution in [3.8, 4) is 0 Å². The van der Waals surface area contributed by atoms with Gasteiger partial charge in [0, 0.05) is 20.4 Å². The topological polar surface area (TPSA) is 40.5 Å². The van der Waals surface area contributed by atoms with E-state index in [4.69, 9.17) is 5.11 Å². The summed E-state index contributed by atoms with van der Waals surface area (Å²) in [6.45, 7) is 8.17. The Morgan fingerprint density at radius 2 is 2.18 bits per heavy atom. The van der Waals surface area contributed by atoms with Crippen molar-refractivity contribution >= 4 is 34.2 Å². The van der Waals surface area contributed by atoms with Gasteiger partial charge in [-0.05, 0) is 46.4 Å². The molecule has 1 aliphatic heterocycles. The Morgan fingerprint density at radius 1 is 1.53 bits per heavy atom. The van der Waals surface area contributed by atoms with Crippen molar-refractivity contribution in [2.45, 2.75) is 19.3 Å². The number of aliphatic carboxylic acids is 1. The zero-order valence-corrected chi connectivity index (χ0v) is 12.0. The van der Waals surface area contributed by atoms with E-state index in [2.05, 4.69) is 49.1 Å². The second-order valence-electron chi connectivity index (χ2n) is 4.71. The highest BCUT2D eigenvalue weighted by Gasteiger charge is 2.39. The molecule has 1 aliphatic rings. The van der Waals surface area contributed by atoms with E-state index in [9.17, 15) is 4.79 Å². The summed E-state index contributed by atoms with van der Waals surface area (Å²) in [5, 5.41) is 8.96. The molecule has 0 radical (unpaired) electrons. The molecule has 0 fully saturated rings. The second kappa shape index (κ2) is 4.01. The van der Waals surface area contributed by atoms with Gasteiger partial charge in [-0.15, -0.1) is 0 Å². The highest BCUT2D eigenvalue weighted by atomic mass is 127. The van der Waals surface area contributed by atoms with E-state index in [1.54, 1.807) is 4.90 Å². The Morgan fingerprint density at radius 3 is 2.76 bits per heavy atom. The van der Waals surface area contributed by atoms with Crippen LogP contribution in [0.25, 0.3) is 0 Å². The molecular weight excluding hydrogens is 329 g/mol. The Kier molecular flexibility index (Phi) is 2.93. The lowest BCUT2D eigenvalue weighted by atomic mass is 9.84. The van der Waals surface area contributed by atoms with Gasteiger partial charge in [-0.1, -0.05) is 20.4 Å². The van der Waals surface area contributed by atoms with E-state index >= 15 is 0 Å². The fourth-order valence-electron chi connectivity index (χ4n) is 2.20. The van der Waals surface area contributed by atoms with Gasteiger partial charge in [0.05, 0.1) is 0 Å². The predicted molar refractivity (Wildman–Crippen MR) is 76.3 cm³/mol. The number of hydrogen-bond donors (Lipinski definition) is 1. The lowest BCUT2D eigenvalue weighted by Gasteiger charge is -2.24. The third-order valence-electron chi connectivity index (χ3n) is 3.26. The van der Waals surface area contributed by atoms with E-state index in [-0.39, 0.29) is 12.0 Å². The summed E-state index contributed by atoms with van der Waals surface area (Å²) in [5.41, 5.74) is 2.75. The van der Waals surface area contributed by atoms with E-state index in [1.165, 1.54) is 0 Å². The lowest BCUT2D eigenvalue weighted by molar-refractivity contribution is -0.135. The molecule has 0 saturated heterocycles. The van der Waals surface area contributed by atoms with Gasteiger partial charge in [0.15, 0.2) is 0 Å². The van der Waals surface area contributed by atoms with E-state index in [0.717, 1.165) is 20.5 Å². The summed E-state index contributed by atoms with van der Waals surface area (Å²) in [4.78, 5) is 12.7.